The number of carbonyl (C=O) groups excluding carboxylic acids is 2. The average Bonchev–Trinajstić information content (AvgIpc) is 3.07. The molecule has 0 atom stereocenters. The summed E-state index contributed by atoms with van der Waals surface area (Å²) in [4.78, 5) is 23.9. The number of halogens is 3. The van der Waals surface area contributed by atoms with Crippen LogP contribution in [-0.2, 0) is 16.1 Å². The molecule has 6 nitrogen and oxygen atoms in total. The van der Waals surface area contributed by atoms with Crippen molar-refractivity contribution in [2.24, 2.45) is 0 Å². The number of aromatic nitrogens is 2. The van der Waals surface area contributed by atoms with Crippen LogP contribution in [0.3, 0.4) is 0 Å². The lowest BCUT2D eigenvalue weighted by Crippen LogP contribution is -2.23. The van der Waals surface area contributed by atoms with Crippen molar-refractivity contribution in [2.75, 3.05) is 11.9 Å². The number of ether oxygens (including phenoxy) is 1. The topological polar surface area (TPSA) is 73.2 Å². The lowest BCUT2D eigenvalue weighted by molar-refractivity contribution is -0.119. The van der Waals surface area contributed by atoms with Crippen molar-refractivity contribution in [2.45, 2.75) is 6.54 Å². The van der Waals surface area contributed by atoms with E-state index in [-0.39, 0.29) is 5.56 Å². The van der Waals surface area contributed by atoms with Crippen LogP contribution in [0, 0.1) is 11.6 Å². The monoisotopic (exact) mass is 405 g/mol. The number of anilines is 1. The molecule has 3 aromatic rings. The second-order valence-corrected chi connectivity index (χ2v) is 6.16. The van der Waals surface area contributed by atoms with Gasteiger partial charge >= 0.3 is 5.97 Å². The number of amides is 1. The lowest BCUT2D eigenvalue weighted by atomic mass is 10.2. The number of benzene rings is 2. The highest BCUT2D eigenvalue weighted by atomic mass is 35.5. The van der Waals surface area contributed by atoms with Crippen molar-refractivity contribution in [1.29, 1.82) is 0 Å². The van der Waals surface area contributed by atoms with Gasteiger partial charge in [-0.2, -0.15) is 5.10 Å². The Hall–Kier alpha value is -3.26. The zero-order chi connectivity index (χ0) is 20.1. The fourth-order valence-electron chi connectivity index (χ4n) is 2.42. The molecule has 0 spiro atoms. The van der Waals surface area contributed by atoms with Crippen LogP contribution in [0.25, 0.3) is 0 Å². The highest BCUT2D eigenvalue weighted by molar-refractivity contribution is 6.31. The predicted molar refractivity (Wildman–Crippen MR) is 98.1 cm³/mol. The Morgan fingerprint density at radius 1 is 1.11 bits per heavy atom. The van der Waals surface area contributed by atoms with Crippen LogP contribution in [0.4, 0.5) is 14.6 Å². The zero-order valence-corrected chi connectivity index (χ0v) is 15.1. The summed E-state index contributed by atoms with van der Waals surface area (Å²) in [6.07, 6.45) is 1.49. The Labute approximate surface area is 163 Å². The third kappa shape index (κ3) is 4.92. The number of rotatable bonds is 6. The first kappa shape index (κ1) is 19.5. The van der Waals surface area contributed by atoms with Crippen LogP contribution >= 0.6 is 11.6 Å². The van der Waals surface area contributed by atoms with Gasteiger partial charge in [-0.05, 0) is 23.8 Å². The van der Waals surface area contributed by atoms with Crippen LogP contribution in [0.1, 0.15) is 15.9 Å². The highest BCUT2D eigenvalue weighted by Gasteiger charge is 2.14. The van der Waals surface area contributed by atoms with Crippen molar-refractivity contribution >= 4 is 29.3 Å². The number of esters is 1. The molecule has 1 amide bonds. The van der Waals surface area contributed by atoms with Crippen molar-refractivity contribution in [3.63, 3.8) is 0 Å². The molecule has 9 heteroatoms. The molecular weight excluding hydrogens is 392 g/mol. The normalized spacial score (nSPS) is 10.5. The van der Waals surface area contributed by atoms with Crippen LogP contribution in [0.5, 0.6) is 0 Å². The Bertz CT molecular complexity index is 1000. The van der Waals surface area contributed by atoms with Crippen molar-refractivity contribution in [3.8, 4) is 0 Å². The fraction of sp³-hybridized carbons (Fsp3) is 0.105. The molecular formula is C19H14ClF2N3O3. The Kier molecular flexibility index (Phi) is 6.00. The maximum Gasteiger partial charge on any atom is 0.338 e. The molecule has 0 saturated carbocycles. The van der Waals surface area contributed by atoms with Gasteiger partial charge in [0.25, 0.3) is 5.91 Å². The van der Waals surface area contributed by atoms with E-state index < -0.39 is 30.1 Å². The van der Waals surface area contributed by atoms with E-state index in [0.717, 1.165) is 17.7 Å². The smallest absolute Gasteiger partial charge is 0.338 e. The molecule has 3 rings (SSSR count). The van der Waals surface area contributed by atoms with Crippen LogP contribution in [0.15, 0.2) is 54.7 Å². The summed E-state index contributed by atoms with van der Waals surface area (Å²) in [5.41, 5.74) is 0.483. The molecule has 28 heavy (non-hydrogen) atoms. The lowest BCUT2D eigenvalue weighted by Gasteiger charge is -2.10. The summed E-state index contributed by atoms with van der Waals surface area (Å²) in [7, 11) is 0. The van der Waals surface area contributed by atoms with Crippen molar-refractivity contribution in [3.05, 3.63) is 82.5 Å². The predicted octanol–water partition coefficient (Wildman–Crippen LogP) is 3.66. The van der Waals surface area contributed by atoms with E-state index in [0.29, 0.717) is 23.5 Å². The molecule has 1 N–H and O–H groups in total. The first-order valence-electron chi connectivity index (χ1n) is 8.10. The summed E-state index contributed by atoms with van der Waals surface area (Å²) >= 11 is 6.12. The van der Waals surface area contributed by atoms with E-state index >= 15 is 0 Å². The maximum atomic E-state index is 13.1. The zero-order valence-electron chi connectivity index (χ0n) is 14.4. The Morgan fingerprint density at radius 2 is 1.82 bits per heavy atom. The SMILES string of the molecule is O=C(COC(=O)c1cc(F)cc(F)c1)Nc1ccnn1Cc1ccccc1Cl. The van der Waals surface area contributed by atoms with Gasteiger partial charge in [-0.1, -0.05) is 29.8 Å². The van der Waals surface area contributed by atoms with Crippen LogP contribution in [-0.4, -0.2) is 28.3 Å². The quantitative estimate of drug-likeness (QED) is 0.635. The summed E-state index contributed by atoms with van der Waals surface area (Å²) in [6, 6.07) is 11.0. The van der Waals surface area contributed by atoms with Crippen molar-refractivity contribution < 1.29 is 23.1 Å². The second kappa shape index (κ2) is 8.62. The van der Waals surface area contributed by atoms with Crippen LogP contribution in [0.2, 0.25) is 5.02 Å². The van der Waals surface area contributed by atoms with Gasteiger partial charge in [0.05, 0.1) is 18.3 Å². The number of nitrogens with one attached hydrogen (secondary N) is 1. The number of hydrogen-bond acceptors (Lipinski definition) is 4. The highest BCUT2D eigenvalue weighted by Crippen LogP contribution is 2.18. The summed E-state index contributed by atoms with van der Waals surface area (Å²) in [5, 5.41) is 7.23. The molecule has 1 aromatic heterocycles. The number of hydrogen-bond donors (Lipinski definition) is 1. The molecule has 0 unspecified atom stereocenters. The molecule has 0 fully saturated rings. The summed E-state index contributed by atoms with van der Waals surface area (Å²) in [6.45, 7) is -0.307. The van der Waals surface area contributed by atoms with Gasteiger partial charge in [0.15, 0.2) is 6.61 Å². The van der Waals surface area contributed by atoms with Gasteiger partial charge in [-0.3, -0.25) is 4.79 Å². The van der Waals surface area contributed by atoms with E-state index in [1.807, 2.05) is 12.1 Å². The second-order valence-electron chi connectivity index (χ2n) is 5.75. The van der Waals surface area contributed by atoms with Crippen LogP contribution < -0.4 is 5.32 Å². The standard InChI is InChI=1S/C19H14ClF2N3O3/c20-16-4-2-1-3-12(16)10-25-17(5-6-23-25)24-18(26)11-28-19(27)13-7-14(21)9-15(22)8-13/h1-9H,10-11H2,(H,24,26). The molecule has 144 valence electrons. The van der Waals surface area contributed by atoms with E-state index in [9.17, 15) is 18.4 Å². The summed E-state index contributed by atoms with van der Waals surface area (Å²) < 4.78 is 32.6. The van der Waals surface area contributed by atoms with Gasteiger partial charge < -0.3 is 10.1 Å². The Balaban J connectivity index is 1.59. The molecule has 0 aliphatic heterocycles. The maximum absolute atomic E-state index is 13.1. The van der Waals surface area contributed by atoms with Gasteiger partial charge in [-0.25, -0.2) is 18.3 Å². The third-order valence-electron chi connectivity index (χ3n) is 3.69. The minimum Gasteiger partial charge on any atom is -0.452 e. The first-order chi connectivity index (χ1) is 13.4. The molecule has 1 heterocycles. The molecule has 0 aliphatic rings. The third-order valence-corrected chi connectivity index (χ3v) is 4.06. The molecule has 0 aliphatic carbocycles. The van der Waals surface area contributed by atoms with E-state index in [1.54, 1.807) is 18.2 Å². The van der Waals surface area contributed by atoms with Gasteiger partial charge in [0.1, 0.15) is 17.5 Å². The largest absolute Gasteiger partial charge is 0.452 e. The van der Waals surface area contributed by atoms with Gasteiger partial charge in [0.2, 0.25) is 0 Å². The Morgan fingerprint density at radius 3 is 2.54 bits per heavy atom. The number of nitrogens with zero attached hydrogens (tertiary/aromatic N) is 2. The first-order valence-corrected chi connectivity index (χ1v) is 8.48. The molecule has 0 radical (unpaired) electrons. The van der Waals surface area contributed by atoms with Gasteiger partial charge in [-0.15, -0.1) is 0 Å². The van der Waals surface area contributed by atoms with E-state index in [4.69, 9.17) is 16.3 Å². The minimum atomic E-state index is -1.02. The van der Waals surface area contributed by atoms with Crippen molar-refractivity contribution in [1.82, 2.24) is 9.78 Å². The van der Waals surface area contributed by atoms with E-state index in [2.05, 4.69) is 10.4 Å². The molecule has 0 saturated heterocycles. The average molecular weight is 406 g/mol. The van der Waals surface area contributed by atoms with Gasteiger partial charge in [0, 0.05) is 17.2 Å². The minimum absolute atomic E-state index is 0.324. The molecule has 2 aromatic carbocycles. The fourth-order valence-corrected chi connectivity index (χ4v) is 2.61. The van der Waals surface area contributed by atoms with E-state index in [1.165, 1.54) is 10.9 Å². The number of carbonyl (C=O) groups is 2. The molecule has 0 bridgehead atoms. The summed E-state index contributed by atoms with van der Waals surface area (Å²) in [5.74, 6) is -3.11.